The molecule has 0 bridgehead atoms. The van der Waals surface area contributed by atoms with Crippen molar-refractivity contribution in [1.82, 2.24) is 0 Å². The largest absolute Gasteiger partial charge is 0.378 e. The highest BCUT2D eigenvalue weighted by molar-refractivity contribution is 5.47. The standard InChI is InChI=1S/C19H24N2O/c1-16-2-4-17(5-3-16)14-20-15-18-6-8-19(9-7-18)21-10-12-22-13-11-21/h2-9,20H,10-15H2,1H3/p+1. The summed E-state index contributed by atoms with van der Waals surface area (Å²) in [5, 5.41) is 2.36. The Bertz CT molecular complexity index is 571. The van der Waals surface area contributed by atoms with E-state index in [-0.39, 0.29) is 0 Å². The van der Waals surface area contributed by atoms with Crippen LogP contribution in [0.4, 0.5) is 5.69 Å². The zero-order valence-electron chi connectivity index (χ0n) is 13.3. The van der Waals surface area contributed by atoms with Gasteiger partial charge in [-0.1, -0.05) is 42.0 Å². The van der Waals surface area contributed by atoms with E-state index in [1.165, 1.54) is 22.4 Å². The van der Waals surface area contributed by atoms with E-state index in [9.17, 15) is 0 Å². The zero-order valence-corrected chi connectivity index (χ0v) is 13.3. The molecule has 3 heteroatoms. The fourth-order valence-corrected chi connectivity index (χ4v) is 2.79. The van der Waals surface area contributed by atoms with Gasteiger partial charge in [-0.05, 0) is 19.1 Å². The molecule has 0 aromatic heterocycles. The average molecular weight is 297 g/mol. The highest BCUT2D eigenvalue weighted by Crippen LogP contribution is 2.16. The van der Waals surface area contributed by atoms with Crippen LogP contribution in [-0.2, 0) is 17.8 Å². The van der Waals surface area contributed by atoms with Crippen LogP contribution in [-0.4, -0.2) is 26.3 Å². The summed E-state index contributed by atoms with van der Waals surface area (Å²) in [4.78, 5) is 2.39. The van der Waals surface area contributed by atoms with E-state index in [2.05, 4.69) is 65.7 Å². The van der Waals surface area contributed by atoms with E-state index < -0.39 is 0 Å². The third-order valence-corrected chi connectivity index (χ3v) is 4.19. The van der Waals surface area contributed by atoms with Crippen molar-refractivity contribution < 1.29 is 10.1 Å². The molecule has 116 valence electrons. The maximum atomic E-state index is 5.40. The Balaban J connectivity index is 1.49. The minimum Gasteiger partial charge on any atom is -0.378 e. The van der Waals surface area contributed by atoms with Gasteiger partial charge in [-0.15, -0.1) is 0 Å². The number of hydrogen-bond acceptors (Lipinski definition) is 2. The molecule has 0 saturated carbocycles. The lowest BCUT2D eigenvalue weighted by Crippen LogP contribution is -2.80. The van der Waals surface area contributed by atoms with Gasteiger partial charge in [-0.25, -0.2) is 0 Å². The Hall–Kier alpha value is -1.84. The number of nitrogens with two attached hydrogens (primary N) is 1. The van der Waals surface area contributed by atoms with E-state index in [0.29, 0.717) is 0 Å². The molecule has 3 nitrogen and oxygen atoms in total. The molecule has 1 aliphatic heterocycles. The van der Waals surface area contributed by atoms with Gasteiger partial charge < -0.3 is 15.0 Å². The van der Waals surface area contributed by atoms with Crippen molar-refractivity contribution in [3.63, 3.8) is 0 Å². The Morgan fingerprint density at radius 3 is 2.00 bits per heavy atom. The van der Waals surface area contributed by atoms with Gasteiger partial charge in [0.25, 0.3) is 0 Å². The normalized spacial score (nSPS) is 15.0. The summed E-state index contributed by atoms with van der Waals surface area (Å²) in [6, 6.07) is 17.8. The Morgan fingerprint density at radius 1 is 0.864 bits per heavy atom. The fraction of sp³-hybridized carbons (Fsp3) is 0.368. The van der Waals surface area contributed by atoms with Crippen molar-refractivity contribution in [1.29, 1.82) is 0 Å². The van der Waals surface area contributed by atoms with Gasteiger partial charge in [0.1, 0.15) is 13.1 Å². The zero-order chi connectivity index (χ0) is 15.2. The molecule has 2 aromatic carbocycles. The second-order valence-corrected chi connectivity index (χ2v) is 5.95. The van der Waals surface area contributed by atoms with E-state index in [4.69, 9.17) is 4.74 Å². The molecule has 0 atom stereocenters. The molecule has 1 heterocycles. The van der Waals surface area contributed by atoms with E-state index >= 15 is 0 Å². The molecule has 0 spiro atoms. The van der Waals surface area contributed by atoms with Crippen molar-refractivity contribution in [3.05, 3.63) is 65.2 Å². The Labute approximate surface area is 132 Å². The molecular formula is C19H25N2O+. The maximum Gasteiger partial charge on any atom is 0.101 e. The van der Waals surface area contributed by atoms with Crippen LogP contribution in [0.25, 0.3) is 0 Å². The van der Waals surface area contributed by atoms with Crippen molar-refractivity contribution in [2.24, 2.45) is 0 Å². The molecule has 0 amide bonds. The highest BCUT2D eigenvalue weighted by Gasteiger charge is 2.10. The van der Waals surface area contributed by atoms with Gasteiger partial charge in [0.05, 0.1) is 13.2 Å². The molecule has 1 aliphatic rings. The van der Waals surface area contributed by atoms with E-state index in [1.54, 1.807) is 0 Å². The summed E-state index contributed by atoms with van der Waals surface area (Å²) in [7, 11) is 0. The first-order valence-electron chi connectivity index (χ1n) is 8.10. The first-order valence-corrected chi connectivity index (χ1v) is 8.10. The van der Waals surface area contributed by atoms with E-state index in [0.717, 1.165) is 39.4 Å². The van der Waals surface area contributed by atoms with Crippen LogP contribution >= 0.6 is 0 Å². The van der Waals surface area contributed by atoms with Crippen LogP contribution in [0.1, 0.15) is 16.7 Å². The first-order chi connectivity index (χ1) is 10.8. The molecule has 3 rings (SSSR count). The lowest BCUT2D eigenvalue weighted by Gasteiger charge is -2.28. The number of benzene rings is 2. The summed E-state index contributed by atoms with van der Waals surface area (Å²) in [6.07, 6.45) is 0. The van der Waals surface area contributed by atoms with Gasteiger partial charge in [0, 0.05) is 29.9 Å². The van der Waals surface area contributed by atoms with Gasteiger partial charge in [0.2, 0.25) is 0 Å². The fourth-order valence-electron chi connectivity index (χ4n) is 2.79. The minimum absolute atomic E-state index is 0.839. The maximum absolute atomic E-state index is 5.40. The number of quaternary nitrogens is 1. The molecule has 0 aliphatic carbocycles. The number of aryl methyl sites for hydroxylation is 1. The van der Waals surface area contributed by atoms with Crippen molar-refractivity contribution in [2.75, 3.05) is 31.2 Å². The van der Waals surface area contributed by atoms with Crippen LogP contribution in [0.2, 0.25) is 0 Å². The van der Waals surface area contributed by atoms with Gasteiger partial charge in [-0.2, -0.15) is 0 Å². The predicted molar refractivity (Wildman–Crippen MR) is 90.0 cm³/mol. The van der Waals surface area contributed by atoms with Crippen molar-refractivity contribution in [2.45, 2.75) is 20.0 Å². The van der Waals surface area contributed by atoms with Crippen LogP contribution in [0.5, 0.6) is 0 Å². The SMILES string of the molecule is Cc1ccc(C[NH2+]Cc2ccc(N3CCOCC3)cc2)cc1. The summed E-state index contributed by atoms with van der Waals surface area (Å²) >= 11 is 0. The second kappa shape index (κ2) is 7.43. The predicted octanol–water partition coefficient (Wildman–Crippen LogP) is 2.10. The summed E-state index contributed by atoms with van der Waals surface area (Å²) in [5.74, 6) is 0. The Kier molecular flexibility index (Phi) is 5.09. The molecular weight excluding hydrogens is 272 g/mol. The lowest BCUT2D eigenvalue weighted by molar-refractivity contribution is -0.686. The first kappa shape index (κ1) is 15.1. The summed E-state index contributed by atoms with van der Waals surface area (Å²) in [6.45, 7) is 7.86. The Morgan fingerprint density at radius 2 is 1.41 bits per heavy atom. The molecule has 1 saturated heterocycles. The third-order valence-electron chi connectivity index (χ3n) is 4.19. The number of hydrogen-bond donors (Lipinski definition) is 1. The highest BCUT2D eigenvalue weighted by atomic mass is 16.5. The van der Waals surface area contributed by atoms with Gasteiger partial charge >= 0.3 is 0 Å². The summed E-state index contributed by atoms with van der Waals surface area (Å²) in [5.41, 5.74) is 5.40. The second-order valence-electron chi connectivity index (χ2n) is 5.95. The van der Waals surface area contributed by atoms with Crippen LogP contribution in [0.3, 0.4) is 0 Å². The number of ether oxygens (including phenoxy) is 1. The van der Waals surface area contributed by atoms with Gasteiger partial charge in [-0.3, -0.25) is 0 Å². The topological polar surface area (TPSA) is 29.1 Å². The lowest BCUT2D eigenvalue weighted by atomic mass is 10.1. The quantitative estimate of drug-likeness (QED) is 0.915. The van der Waals surface area contributed by atoms with Crippen LogP contribution in [0.15, 0.2) is 48.5 Å². The molecule has 22 heavy (non-hydrogen) atoms. The molecule has 0 radical (unpaired) electrons. The number of nitrogens with zero attached hydrogens (tertiary/aromatic N) is 1. The molecule has 2 aromatic rings. The number of rotatable bonds is 5. The van der Waals surface area contributed by atoms with Crippen LogP contribution in [0, 0.1) is 6.92 Å². The third kappa shape index (κ3) is 4.09. The average Bonchev–Trinajstić information content (AvgIpc) is 2.58. The molecule has 0 unspecified atom stereocenters. The minimum atomic E-state index is 0.839. The summed E-state index contributed by atoms with van der Waals surface area (Å²) < 4.78 is 5.40. The molecule has 1 fully saturated rings. The van der Waals surface area contributed by atoms with E-state index in [1.807, 2.05) is 0 Å². The van der Waals surface area contributed by atoms with Crippen molar-refractivity contribution >= 4 is 5.69 Å². The number of morpholine rings is 1. The number of anilines is 1. The van der Waals surface area contributed by atoms with Crippen LogP contribution < -0.4 is 10.2 Å². The molecule has 2 N–H and O–H groups in total. The monoisotopic (exact) mass is 297 g/mol. The van der Waals surface area contributed by atoms with Gasteiger partial charge in [0.15, 0.2) is 0 Å². The smallest absolute Gasteiger partial charge is 0.101 e. The van der Waals surface area contributed by atoms with Crippen molar-refractivity contribution in [3.8, 4) is 0 Å².